The first-order valence-electron chi connectivity index (χ1n) is 12.0. The lowest BCUT2D eigenvalue weighted by atomic mass is 10.1. The van der Waals surface area contributed by atoms with Crippen LogP contribution in [0.25, 0.3) is 0 Å². The van der Waals surface area contributed by atoms with Gasteiger partial charge in [0.1, 0.15) is 11.8 Å². The van der Waals surface area contributed by atoms with E-state index in [0.717, 1.165) is 43.2 Å². The van der Waals surface area contributed by atoms with Crippen molar-refractivity contribution in [3.05, 3.63) is 54.1 Å². The number of aryl methyl sites for hydroxylation is 1. The number of piperazine rings is 2. The van der Waals surface area contributed by atoms with Crippen molar-refractivity contribution >= 4 is 29.1 Å². The minimum Gasteiger partial charge on any atom is -0.495 e. The number of amides is 3. The van der Waals surface area contributed by atoms with E-state index in [1.807, 2.05) is 55.5 Å². The van der Waals surface area contributed by atoms with Crippen LogP contribution in [0.5, 0.6) is 5.75 Å². The number of methoxy groups -OCH3 is 1. The third-order valence-electron chi connectivity index (χ3n) is 6.52. The van der Waals surface area contributed by atoms with Gasteiger partial charge in [-0.3, -0.25) is 19.3 Å². The quantitative estimate of drug-likeness (QED) is 0.625. The summed E-state index contributed by atoms with van der Waals surface area (Å²) in [6.45, 7) is 5.98. The number of nitrogens with one attached hydrogen (secondary N) is 2. The van der Waals surface area contributed by atoms with E-state index in [0.29, 0.717) is 18.8 Å². The number of hydrogen-bond donors (Lipinski definition) is 2. The smallest absolute Gasteiger partial charge is 0.243 e. The first kappa shape index (κ1) is 24.5. The normalized spacial score (nSPS) is 18.7. The van der Waals surface area contributed by atoms with Crippen molar-refractivity contribution in [2.24, 2.45) is 0 Å². The first-order chi connectivity index (χ1) is 16.9. The van der Waals surface area contributed by atoms with Crippen LogP contribution >= 0.6 is 0 Å². The molecule has 2 fully saturated rings. The van der Waals surface area contributed by atoms with Crippen LogP contribution in [0, 0.1) is 6.92 Å². The fraction of sp³-hybridized carbons (Fsp3) is 0.423. The van der Waals surface area contributed by atoms with Gasteiger partial charge in [0.05, 0.1) is 25.8 Å². The molecular formula is C26H33N5O4. The summed E-state index contributed by atoms with van der Waals surface area (Å²) < 4.78 is 5.48. The lowest BCUT2D eigenvalue weighted by Crippen LogP contribution is -2.60. The van der Waals surface area contributed by atoms with Crippen LogP contribution in [-0.2, 0) is 14.4 Å². The number of para-hydroxylation sites is 2. The molecule has 2 aromatic rings. The van der Waals surface area contributed by atoms with E-state index in [9.17, 15) is 14.4 Å². The molecule has 9 nitrogen and oxygen atoms in total. The summed E-state index contributed by atoms with van der Waals surface area (Å²) in [5, 5.41) is 5.61. The van der Waals surface area contributed by atoms with E-state index in [4.69, 9.17) is 4.74 Å². The summed E-state index contributed by atoms with van der Waals surface area (Å²) in [5.74, 6) is 0.130. The zero-order valence-corrected chi connectivity index (χ0v) is 20.3. The van der Waals surface area contributed by atoms with E-state index >= 15 is 0 Å². The zero-order chi connectivity index (χ0) is 24.8. The number of carbonyl (C=O) groups is 3. The van der Waals surface area contributed by atoms with E-state index in [1.54, 1.807) is 12.0 Å². The molecule has 0 radical (unpaired) electrons. The molecule has 2 aliphatic heterocycles. The highest BCUT2D eigenvalue weighted by Gasteiger charge is 2.35. The van der Waals surface area contributed by atoms with E-state index in [1.165, 1.54) is 0 Å². The Labute approximate surface area is 206 Å². The summed E-state index contributed by atoms with van der Waals surface area (Å²) in [4.78, 5) is 44.3. The van der Waals surface area contributed by atoms with Crippen LogP contribution < -0.4 is 20.3 Å². The third-order valence-corrected chi connectivity index (χ3v) is 6.52. The van der Waals surface area contributed by atoms with E-state index < -0.39 is 6.04 Å². The maximum Gasteiger partial charge on any atom is 0.243 e. The molecule has 0 bridgehead atoms. The van der Waals surface area contributed by atoms with Gasteiger partial charge < -0.3 is 25.2 Å². The van der Waals surface area contributed by atoms with Crippen LogP contribution in [0.1, 0.15) is 12.0 Å². The van der Waals surface area contributed by atoms with Crippen molar-refractivity contribution < 1.29 is 19.1 Å². The maximum atomic E-state index is 13.2. The number of hydrogen-bond acceptors (Lipinski definition) is 6. The topological polar surface area (TPSA) is 94.2 Å². The fourth-order valence-electron chi connectivity index (χ4n) is 4.56. The number of benzene rings is 2. The average Bonchev–Trinajstić information content (AvgIpc) is 2.87. The molecule has 2 N–H and O–H groups in total. The summed E-state index contributed by atoms with van der Waals surface area (Å²) in [6, 6.07) is 14.6. The monoisotopic (exact) mass is 479 g/mol. The highest BCUT2D eigenvalue weighted by atomic mass is 16.5. The van der Waals surface area contributed by atoms with Crippen molar-refractivity contribution in [2.75, 3.05) is 63.1 Å². The zero-order valence-electron chi connectivity index (χ0n) is 20.3. The standard InChI is InChI=1S/C26H33N5O4/c1-19-7-9-20(10-8-19)28-24(32)17-22-26(34)27-11-12-31(22)25(33)18-29-13-15-30(16-14-29)21-5-3-4-6-23(21)35-2/h3-10,22H,11-18H2,1-2H3,(H,27,34)(H,28,32)/t22-/m1/s1. The predicted molar refractivity (Wildman–Crippen MR) is 135 cm³/mol. The molecule has 2 aliphatic rings. The van der Waals surface area contributed by atoms with Crippen molar-refractivity contribution in [1.29, 1.82) is 0 Å². The fourth-order valence-corrected chi connectivity index (χ4v) is 4.56. The predicted octanol–water partition coefficient (Wildman–Crippen LogP) is 1.48. The van der Waals surface area contributed by atoms with Crippen LogP contribution in [0.2, 0.25) is 0 Å². The minimum atomic E-state index is -0.809. The van der Waals surface area contributed by atoms with Gasteiger partial charge in [-0.1, -0.05) is 29.8 Å². The molecule has 0 aromatic heterocycles. The second-order valence-electron chi connectivity index (χ2n) is 8.95. The van der Waals surface area contributed by atoms with Gasteiger partial charge in [0.2, 0.25) is 17.7 Å². The molecule has 9 heteroatoms. The van der Waals surface area contributed by atoms with Gasteiger partial charge in [0, 0.05) is 45.0 Å². The molecular weight excluding hydrogens is 446 g/mol. The lowest BCUT2D eigenvalue weighted by molar-refractivity contribution is -0.145. The number of ether oxygens (including phenoxy) is 1. The molecule has 0 saturated carbocycles. The van der Waals surface area contributed by atoms with Crippen molar-refractivity contribution in [3.63, 3.8) is 0 Å². The van der Waals surface area contributed by atoms with E-state index in [2.05, 4.69) is 20.4 Å². The van der Waals surface area contributed by atoms with Crippen molar-refractivity contribution in [1.82, 2.24) is 15.1 Å². The summed E-state index contributed by atoms with van der Waals surface area (Å²) in [7, 11) is 1.67. The third kappa shape index (κ3) is 6.10. The van der Waals surface area contributed by atoms with Gasteiger partial charge in [-0.2, -0.15) is 0 Å². The maximum absolute atomic E-state index is 13.2. The molecule has 2 heterocycles. The van der Waals surface area contributed by atoms with Crippen LogP contribution in [0.3, 0.4) is 0 Å². The number of carbonyl (C=O) groups excluding carboxylic acids is 3. The van der Waals surface area contributed by atoms with Gasteiger partial charge in [-0.15, -0.1) is 0 Å². The first-order valence-corrected chi connectivity index (χ1v) is 12.0. The molecule has 1 atom stereocenters. The number of rotatable bonds is 7. The van der Waals surface area contributed by atoms with Crippen LogP contribution in [0.4, 0.5) is 11.4 Å². The molecule has 0 spiro atoms. The molecule has 0 aliphatic carbocycles. The Morgan fingerprint density at radius 3 is 2.46 bits per heavy atom. The van der Waals surface area contributed by atoms with Crippen molar-refractivity contribution in [3.8, 4) is 5.75 Å². The Morgan fingerprint density at radius 1 is 1.03 bits per heavy atom. The lowest BCUT2D eigenvalue weighted by Gasteiger charge is -2.39. The van der Waals surface area contributed by atoms with E-state index in [-0.39, 0.29) is 30.7 Å². The second kappa shape index (κ2) is 11.2. The minimum absolute atomic E-state index is 0.0764. The largest absolute Gasteiger partial charge is 0.495 e. The SMILES string of the molecule is COc1ccccc1N1CCN(CC(=O)N2CCNC(=O)[C@H]2CC(=O)Nc2ccc(C)cc2)CC1. The highest BCUT2D eigenvalue weighted by Crippen LogP contribution is 2.28. The van der Waals surface area contributed by atoms with Gasteiger partial charge in [-0.25, -0.2) is 0 Å². The highest BCUT2D eigenvalue weighted by molar-refractivity contribution is 5.97. The summed E-state index contributed by atoms with van der Waals surface area (Å²) in [6.07, 6.45) is -0.0764. The molecule has 186 valence electrons. The summed E-state index contributed by atoms with van der Waals surface area (Å²) >= 11 is 0. The Balaban J connectivity index is 1.33. The van der Waals surface area contributed by atoms with Gasteiger partial charge in [-0.05, 0) is 31.2 Å². The van der Waals surface area contributed by atoms with Gasteiger partial charge >= 0.3 is 0 Å². The van der Waals surface area contributed by atoms with Crippen LogP contribution in [-0.4, -0.2) is 86.5 Å². The molecule has 2 saturated heterocycles. The Hall–Kier alpha value is -3.59. The van der Waals surface area contributed by atoms with Crippen LogP contribution in [0.15, 0.2) is 48.5 Å². The molecule has 0 unspecified atom stereocenters. The van der Waals surface area contributed by atoms with Crippen molar-refractivity contribution in [2.45, 2.75) is 19.4 Å². The average molecular weight is 480 g/mol. The molecule has 3 amide bonds. The Morgan fingerprint density at radius 2 is 1.74 bits per heavy atom. The summed E-state index contributed by atoms with van der Waals surface area (Å²) in [5.41, 5.74) is 2.81. The van der Waals surface area contributed by atoms with Gasteiger partial charge in [0.15, 0.2) is 0 Å². The molecule has 35 heavy (non-hydrogen) atoms. The second-order valence-corrected chi connectivity index (χ2v) is 8.95. The van der Waals surface area contributed by atoms with Gasteiger partial charge in [0.25, 0.3) is 0 Å². The molecule has 4 rings (SSSR count). The number of nitrogens with zero attached hydrogens (tertiary/aromatic N) is 3. The Kier molecular flexibility index (Phi) is 7.87. The molecule has 2 aromatic carbocycles. The number of anilines is 2. The Bertz CT molecular complexity index is 1050.